The van der Waals surface area contributed by atoms with Gasteiger partial charge in [-0.1, -0.05) is 0 Å². The Morgan fingerprint density at radius 3 is 2.43 bits per heavy atom. The molecule has 0 bridgehead atoms. The van der Waals surface area contributed by atoms with Gasteiger partial charge in [-0.05, 0) is 13.8 Å². The van der Waals surface area contributed by atoms with Crippen LogP contribution in [0, 0.1) is 0 Å². The third-order valence-electron chi connectivity index (χ3n) is 2.41. The molecule has 0 saturated heterocycles. The number of carbonyl (C=O) groups is 1. The molecule has 0 fully saturated rings. The van der Waals surface area contributed by atoms with E-state index in [0.29, 0.717) is 13.1 Å². The number of alkyl halides is 3. The highest BCUT2D eigenvalue weighted by molar-refractivity contribution is 7.89. The molecule has 0 spiro atoms. The first-order valence-electron chi connectivity index (χ1n) is 6.31. The molecule has 2 heterocycles. The molecule has 0 saturated carbocycles. The molecule has 3 N–H and O–H groups in total. The molecule has 0 atom stereocenters. The van der Waals surface area contributed by atoms with Gasteiger partial charge < -0.3 is 10.4 Å². The molecule has 0 amide bonds. The molecule has 23 heavy (non-hydrogen) atoms. The zero-order valence-electron chi connectivity index (χ0n) is 12.2. The smallest absolute Gasteiger partial charge is 0.475 e. The molecule has 0 aliphatic carbocycles. The second-order valence-electron chi connectivity index (χ2n) is 4.81. The van der Waals surface area contributed by atoms with Gasteiger partial charge >= 0.3 is 12.1 Å². The van der Waals surface area contributed by atoms with Crippen LogP contribution in [0.4, 0.5) is 13.2 Å². The van der Waals surface area contributed by atoms with Crippen molar-refractivity contribution >= 4 is 16.0 Å². The minimum Gasteiger partial charge on any atom is -0.475 e. The molecule has 8 nitrogen and oxygen atoms in total. The van der Waals surface area contributed by atoms with E-state index in [4.69, 9.17) is 9.90 Å². The van der Waals surface area contributed by atoms with Crippen LogP contribution in [0.2, 0.25) is 0 Å². The van der Waals surface area contributed by atoms with Gasteiger partial charge in [-0.25, -0.2) is 27.9 Å². The third-order valence-corrected chi connectivity index (χ3v) is 3.87. The van der Waals surface area contributed by atoms with E-state index in [1.807, 2.05) is 0 Å². The van der Waals surface area contributed by atoms with Crippen molar-refractivity contribution in [1.82, 2.24) is 20.0 Å². The fraction of sp³-hybridized carbons (Fsp3) is 0.545. The minimum atomic E-state index is -5.08. The van der Waals surface area contributed by atoms with E-state index in [-0.39, 0.29) is 11.2 Å². The molecular weight excluding hydrogens is 341 g/mol. The summed E-state index contributed by atoms with van der Waals surface area (Å²) in [6, 6.07) is -0.167. The Balaban J connectivity index is 0.000000322. The van der Waals surface area contributed by atoms with E-state index in [0.717, 1.165) is 11.3 Å². The van der Waals surface area contributed by atoms with Crippen LogP contribution < -0.4 is 10.0 Å². The normalized spacial score (nSPS) is 14.2. The number of nitrogens with zero attached hydrogens (tertiary/aromatic N) is 2. The van der Waals surface area contributed by atoms with Crippen LogP contribution in [-0.4, -0.2) is 41.7 Å². The molecule has 0 radical (unpaired) electrons. The summed E-state index contributed by atoms with van der Waals surface area (Å²) < 4.78 is 57.8. The molecule has 1 aromatic heterocycles. The van der Waals surface area contributed by atoms with Gasteiger partial charge in [-0.2, -0.15) is 13.2 Å². The third kappa shape index (κ3) is 5.73. The van der Waals surface area contributed by atoms with Crippen molar-refractivity contribution in [3.63, 3.8) is 0 Å². The van der Waals surface area contributed by atoms with Crippen molar-refractivity contribution in [2.24, 2.45) is 0 Å². The lowest BCUT2D eigenvalue weighted by Crippen LogP contribution is -2.31. The maximum Gasteiger partial charge on any atom is 0.490 e. The highest BCUT2D eigenvalue weighted by atomic mass is 32.2. The number of hydrogen-bond donors (Lipinski definition) is 3. The summed E-state index contributed by atoms with van der Waals surface area (Å²) >= 11 is 0. The fourth-order valence-electron chi connectivity index (χ4n) is 1.53. The Bertz CT molecular complexity index is 676. The van der Waals surface area contributed by atoms with Gasteiger partial charge in [0.25, 0.3) is 15.2 Å². The van der Waals surface area contributed by atoms with E-state index in [9.17, 15) is 21.6 Å². The molecule has 0 unspecified atom stereocenters. The number of halogens is 3. The Morgan fingerprint density at radius 2 is 1.96 bits per heavy atom. The molecule has 1 aliphatic rings. The number of aromatic nitrogens is 2. The van der Waals surface area contributed by atoms with E-state index < -0.39 is 22.2 Å². The number of aliphatic carboxylic acids is 1. The minimum absolute atomic E-state index is 0.149. The monoisotopic (exact) mass is 356 g/mol. The van der Waals surface area contributed by atoms with E-state index in [1.165, 1.54) is 0 Å². The second-order valence-corrected chi connectivity index (χ2v) is 6.41. The Hall–Kier alpha value is -1.79. The topological polar surface area (TPSA) is 121 Å². The van der Waals surface area contributed by atoms with Crippen molar-refractivity contribution in [3.05, 3.63) is 17.5 Å². The number of hydrogen-bond acceptors (Lipinski definition) is 6. The van der Waals surface area contributed by atoms with Crippen LogP contribution in [-0.2, 0) is 27.9 Å². The van der Waals surface area contributed by atoms with Crippen molar-refractivity contribution in [1.29, 1.82) is 0 Å². The Morgan fingerprint density at radius 1 is 1.39 bits per heavy atom. The van der Waals surface area contributed by atoms with Crippen LogP contribution in [0.1, 0.15) is 25.1 Å². The molecule has 1 aromatic rings. The maximum absolute atomic E-state index is 11.8. The van der Waals surface area contributed by atoms with Crippen LogP contribution in [0.15, 0.2) is 11.4 Å². The van der Waals surface area contributed by atoms with Crippen LogP contribution >= 0.6 is 0 Å². The summed E-state index contributed by atoms with van der Waals surface area (Å²) in [7, 11) is -3.58. The summed E-state index contributed by atoms with van der Waals surface area (Å²) in [4.78, 5) is 16.8. The first kappa shape index (κ1) is 19.3. The molecular formula is C11H15F3N4O4S. The van der Waals surface area contributed by atoms with Gasteiger partial charge in [0.15, 0.2) is 0 Å². The van der Waals surface area contributed by atoms with Gasteiger partial charge in [0, 0.05) is 30.9 Å². The van der Waals surface area contributed by atoms with E-state index in [1.54, 1.807) is 20.0 Å². The summed E-state index contributed by atoms with van der Waals surface area (Å²) in [6.07, 6.45) is -3.52. The van der Waals surface area contributed by atoms with E-state index >= 15 is 0 Å². The lowest BCUT2D eigenvalue weighted by atomic mass is 10.3. The first-order valence-corrected chi connectivity index (χ1v) is 7.79. The molecule has 130 valence electrons. The number of rotatable bonds is 3. The number of nitrogens with one attached hydrogen (secondary N) is 2. The summed E-state index contributed by atoms with van der Waals surface area (Å²) in [6.45, 7) is 4.81. The first-order chi connectivity index (χ1) is 10.4. The van der Waals surface area contributed by atoms with Gasteiger partial charge in [0.2, 0.25) is 0 Å². The second kappa shape index (κ2) is 7.19. The predicted octanol–water partition coefficient (Wildman–Crippen LogP) is 0.400. The number of carboxylic acids is 1. The predicted molar refractivity (Wildman–Crippen MR) is 71.7 cm³/mol. The molecule has 1 aliphatic heterocycles. The summed E-state index contributed by atoms with van der Waals surface area (Å²) in [5, 5.41) is 10.1. The highest BCUT2D eigenvalue weighted by Gasteiger charge is 2.38. The van der Waals surface area contributed by atoms with Crippen LogP contribution in [0.25, 0.3) is 0 Å². The van der Waals surface area contributed by atoms with Gasteiger partial charge in [0.1, 0.15) is 0 Å². The van der Waals surface area contributed by atoms with Crippen LogP contribution in [0.5, 0.6) is 0 Å². The standard InChI is InChI=1S/C9H14N4O2S.C2HF3O2/c1-6(2)13-16(14,15)9-11-4-7-3-10-5-8(7)12-9;3-2(4,5)1(6)7/h4,6,10,13H,3,5H2,1-2H3;(H,6,7). The molecule has 2 rings (SSSR count). The van der Waals surface area contributed by atoms with Gasteiger partial charge in [-0.15, -0.1) is 0 Å². The van der Waals surface area contributed by atoms with Crippen molar-refractivity contribution in [2.45, 2.75) is 44.3 Å². The number of carboxylic acid groups (broad SMARTS) is 1. The summed E-state index contributed by atoms with van der Waals surface area (Å²) in [5.41, 5.74) is 1.72. The largest absolute Gasteiger partial charge is 0.490 e. The fourth-order valence-corrected chi connectivity index (χ4v) is 2.68. The lowest BCUT2D eigenvalue weighted by Gasteiger charge is -2.08. The van der Waals surface area contributed by atoms with Crippen molar-refractivity contribution in [3.8, 4) is 0 Å². The number of fused-ring (bicyclic) bond motifs is 1. The quantitative estimate of drug-likeness (QED) is 0.670. The lowest BCUT2D eigenvalue weighted by molar-refractivity contribution is -0.192. The van der Waals surface area contributed by atoms with Crippen molar-refractivity contribution in [2.75, 3.05) is 0 Å². The van der Waals surface area contributed by atoms with Gasteiger partial charge in [-0.3, -0.25) is 0 Å². The van der Waals surface area contributed by atoms with Crippen molar-refractivity contribution < 1.29 is 31.5 Å². The number of sulfonamides is 1. The van der Waals surface area contributed by atoms with E-state index in [2.05, 4.69) is 20.0 Å². The van der Waals surface area contributed by atoms with Gasteiger partial charge in [0.05, 0.1) is 5.69 Å². The maximum atomic E-state index is 11.8. The molecule has 0 aromatic carbocycles. The molecule has 12 heteroatoms. The average Bonchev–Trinajstić information content (AvgIpc) is 2.83. The Labute approximate surface area is 130 Å². The zero-order valence-corrected chi connectivity index (χ0v) is 13.0. The zero-order chi connectivity index (χ0) is 17.8. The summed E-state index contributed by atoms with van der Waals surface area (Å²) in [5.74, 6) is -2.76. The highest BCUT2D eigenvalue weighted by Crippen LogP contribution is 2.14. The Kier molecular flexibility index (Phi) is 6.02. The SMILES string of the molecule is CC(C)NS(=O)(=O)c1ncc2c(n1)CNC2.O=C(O)C(F)(F)F. The van der Waals surface area contributed by atoms with Crippen LogP contribution in [0.3, 0.4) is 0 Å². The average molecular weight is 356 g/mol.